The summed E-state index contributed by atoms with van der Waals surface area (Å²) in [7, 11) is 1.69. The normalized spacial score (nSPS) is 10.2. The van der Waals surface area contributed by atoms with Crippen molar-refractivity contribution in [2.24, 2.45) is 10.7 Å². The minimum atomic E-state index is -0.512. The van der Waals surface area contributed by atoms with Crippen molar-refractivity contribution in [1.29, 1.82) is 5.41 Å². The molecule has 78 valence electrons. The van der Waals surface area contributed by atoms with E-state index in [1.54, 1.807) is 25.2 Å². The largest absolute Gasteiger partial charge is 0.379 e. The summed E-state index contributed by atoms with van der Waals surface area (Å²) in [5, 5.41) is 10.3. The molecule has 0 saturated heterocycles. The van der Waals surface area contributed by atoms with Crippen LogP contribution in [0.4, 0.5) is 0 Å². The third-order valence-electron chi connectivity index (χ3n) is 1.74. The lowest BCUT2D eigenvalue weighted by Crippen LogP contribution is -2.12. The van der Waals surface area contributed by atoms with Crippen LogP contribution in [0.3, 0.4) is 0 Å². The molecule has 1 amide bonds. The number of hydrogen-bond acceptors (Lipinski definition) is 2. The summed E-state index contributed by atoms with van der Waals surface area (Å²) >= 11 is 0. The Morgan fingerprint density at radius 1 is 1.53 bits per heavy atom. The molecule has 1 rings (SSSR count). The van der Waals surface area contributed by atoms with Crippen molar-refractivity contribution in [1.82, 2.24) is 5.32 Å². The Bertz CT molecular complexity index is 412. The number of rotatable bonds is 3. The van der Waals surface area contributed by atoms with Crippen molar-refractivity contribution >= 4 is 18.1 Å². The number of primary amides is 1. The van der Waals surface area contributed by atoms with Gasteiger partial charge in [0, 0.05) is 18.2 Å². The Hall–Kier alpha value is -2.17. The van der Waals surface area contributed by atoms with Gasteiger partial charge in [-0.3, -0.25) is 10.2 Å². The summed E-state index contributed by atoms with van der Waals surface area (Å²) < 4.78 is 0. The Kier molecular flexibility index (Phi) is 3.56. The quantitative estimate of drug-likeness (QED) is 0.490. The second-order valence-electron chi connectivity index (χ2n) is 2.84. The maximum Gasteiger partial charge on any atom is 0.248 e. The van der Waals surface area contributed by atoms with E-state index < -0.39 is 5.91 Å². The molecule has 0 aromatic heterocycles. The number of hydrogen-bond donors (Lipinski definition) is 3. The van der Waals surface area contributed by atoms with Gasteiger partial charge in [-0.25, -0.2) is 4.99 Å². The average Bonchev–Trinajstić information content (AvgIpc) is 2.26. The first kappa shape index (κ1) is 10.9. The van der Waals surface area contributed by atoms with Crippen LogP contribution in [0.1, 0.15) is 15.9 Å². The second kappa shape index (κ2) is 4.90. The van der Waals surface area contributed by atoms with Gasteiger partial charge >= 0.3 is 0 Å². The van der Waals surface area contributed by atoms with Gasteiger partial charge in [0.1, 0.15) is 0 Å². The van der Waals surface area contributed by atoms with Crippen molar-refractivity contribution in [2.45, 2.75) is 0 Å². The molecule has 0 fully saturated rings. The molecule has 0 radical (unpaired) electrons. The van der Waals surface area contributed by atoms with E-state index in [1.807, 2.05) is 0 Å². The molecule has 5 nitrogen and oxygen atoms in total. The van der Waals surface area contributed by atoms with E-state index >= 15 is 0 Å². The van der Waals surface area contributed by atoms with Crippen LogP contribution in [0.15, 0.2) is 29.3 Å². The molecule has 4 N–H and O–H groups in total. The van der Waals surface area contributed by atoms with Gasteiger partial charge in [-0.15, -0.1) is 0 Å². The standard InChI is InChI=1S/C10H12N4O/c1-13-6-14-9(11)7-3-2-4-8(5-7)10(12)15/h2-6H,1H3,(H2,12,15)(H2,11,13,14). The molecule has 5 heteroatoms. The number of amidine groups is 1. The van der Waals surface area contributed by atoms with Crippen LogP contribution in [0.5, 0.6) is 0 Å². The fourth-order valence-electron chi connectivity index (χ4n) is 1.02. The predicted octanol–water partition coefficient (Wildman–Crippen LogP) is 0.359. The third-order valence-corrected chi connectivity index (χ3v) is 1.74. The number of amides is 1. The SMILES string of the molecule is CN/C=N\C(=N)c1cccc(C(N)=O)c1. The topological polar surface area (TPSA) is 91.3 Å². The zero-order valence-corrected chi connectivity index (χ0v) is 8.32. The Morgan fingerprint density at radius 3 is 2.80 bits per heavy atom. The minimum absolute atomic E-state index is 0.0763. The van der Waals surface area contributed by atoms with Gasteiger partial charge in [-0.1, -0.05) is 12.1 Å². The van der Waals surface area contributed by atoms with Crippen LogP contribution in [0.25, 0.3) is 0 Å². The van der Waals surface area contributed by atoms with Crippen LogP contribution in [0.2, 0.25) is 0 Å². The number of carbonyl (C=O) groups excluding carboxylic acids is 1. The fraction of sp³-hybridized carbons (Fsp3) is 0.100. The van der Waals surface area contributed by atoms with Crippen molar-refractivity contribution in [3.63, 3.8) is 0 Å². The Labute approximate surface area is 87.5 Å². The molecule has 0 spiro atoms. The highest BCUT2D eigenvalue weighted by Crippen LogP contribution is 2.05. The monoisotopic (exact) mass is 204 g/mol. The Morgan fingerprint density at radius 2 is 2.20 bits per heavy atom. The number of aliphatic imine (C=N–C) groups is 1. The zero-order chi connectivity index (χ0) is 11.3. The van der Waals surface area contributed by atoms with Crippen LogP contribution >= 0.6 is 0 Å². The number of carbonyl (C=O) groups is 1. The highest BCUT2D eigenvalue weighted by atomic mass is 16.1. The molecule has 0 heterocycles. The summed E-state index contributed by atoms with van der Waals surface area (Å²) in [4.78, 5) is 14.7. The molecule has 0 aliphatic heterocycles. The summed E-state index contributed by atoms with van der Waals surface area (Å²) in [5.74, 6) is -0.435. The van der Waals surface area contributed by atoms with E-state index in [1.165, 1.54) is 12.4 Å². The van der Waals surface area contributed by atoms with Gasteiger partial charge in [-0.2, -0.15) is 0 Å². The fourth-order valence-corrected chi connectivity index (χ4v) is 1.02. The summed E-state index contributed by atoms with van der Waals surface area (Å²) in [6.07, 6.45) is 1.40. The second-order valence-corrected chi connectivity index (χ2v) is 2.84. The number of benzene rings is 1. The Balaban J connectivity index is 2.95. The highest BCUT2D eigenvalue weighted by Gasteiger charge is 2.03. The van der Waals surface area contributed by atoms with E-state index in [0.717, 1.165) is 0 Å². The summed E-state index contributed by atoms with van der Waals surface area (Å²) in [6, 6.07) is 6.50. The van der Waals surface area contributed by atoms with E-state index in [-0.39, 0.29) is 5.84 Å². The highest BCUT2D eigenvalue weighted by molar-refractivity contribution is 6.03. The number of nitrogens with two attached hydrogens (primary N) is 1. The summed E-state index contributed by atoms with van der Waals surface area (Å²) in [6.45, 7) is 0. The smallest absolute Gasteiger partial charge is 0.248 e. The van der Waals surface area contributed by atoms with Gasteiger partial charge in [0.2, 0.25) is 5.91 Å². The molecule has 0 saturated carbocycles. The number of nitrogens with zero attached hydrogens (tertiary/aromatic N) is 1. The van der Waals surface area contributed by atoms with Crippen molar-refractivity contribution in [3.8, 4) is 0 Å². The van der Waals surface area contributed by atoms with Gasteiger partial charge in [-0.05, 0) is 12.1 Å². The van der Waals surface area contributed by atoms with E-state index in [9.17, 15) is 4.79 Å². The van der Waals surface area contributed by atoms with E-state index in [4.69, 9.17) is 11.1 Å². The van der Waals surface area contributed by atoms with Crippen LogP contribution in [-0.4, -0.2) is 25.1 Å². The molecular formula is C10H12N4O. The predicted molar refractivity (Wildman–Crippen MR) is 59.3 cm³/mol. The van der Waals surface area contributed by atoms with Crippen LogP contribution in [-0.2, 0) is 0 Å². The average molecular weight is 204 g/mol. The van der Waals surface area contributed by atoms with Gasteiger partial charge in [0.05, 0.1) is 6.34 Å². The molecule has 0 unspecified atom stereocenters. The van der Waals surface area contributed by atoms with Crippen LogP contribution in [0, 0.1) is 5.41 Å². The molecule has 0 aliphatic carbocycles. The molecular weight excluding hydrogens is 192 g/mol. The van der Waals surface area contributed by atoms with Gasteiger partial charge in [0.15, 0.2) is 5.84 Å². The zero-order valence-electron chi connectivity index (χ0n) is 8.32. The maximum atomic E-state index is 10.9. The third kappa shape index (κ3) is 2.91. The van der Waals surface area contributed by atoms with E-state index in [2.05, 4.69) is 10.3 Å². The lowest BCUT2D eigenvalue weighted by atomic mass is 10.1. The first-order valence-electron chi connectivity index (χ1n) is 4.33. The van der Waals surface area contributed by atoms with Crippen molar-refractivity contribution in [2.75, 3.05) is 7.05 Å². The van der Waals surface area contributed by atoms with Gasteiger partial charge < -0.3 is 11.1 Å². The molecule has 1 aromatic rings. The van der Waals surface area contributed by atoms with Crippen molar-refractivity contribution < 1.29 is 4.79 Å². The number of nitrogens with one attached hydrogen (secondary N) is 2. The first-order chi connectivity index (χ1) is 7.15. The molecule has 1 aromatic carbocycles. The lowest BCUT2D eigenvalue weighted by molar-refractivity contribution is 0.100. The van der Waals surface area contributed by atoms with E-state index in [0.29, 0.717) is 11.1 Å². The molecule has 0 atom stereocenters. The lowest BCUT2D eigenvalue weighted by Gasteiger charge is -2.00. The molecule has 15 heavy (non-hydrogen) atoms. The molecule has 0 bridgehead atoms. The van der Waals surface area contributed by atoms with Crippen molar-refractivity contribution in [3.05, 3.63) is 35.4 Å². The first-order valence-corrected chi connectivity index (χ1v) is 4.33. The molecule has 0 aliphatic rings. The summed E-state index contributed by atoms with van der Waals surface area (Å²) in [5.41, 5.74) is 6.05. The van der Waals surface area contributed by atoms with Gasteiger partial charge in [0.25, 0.3) is 0 Å². The minimum Gasteiger partial charge on any atom is -0.379 e. The maximum absolute atomic E-state index is 10.9. The van der Waals surface area contributed by atoms with Crippen LogP contribution < -0.4 is 11.1 Å².